The number of pyridine rings is 1. The molecule has 6 nitrogen and oxygen atoms in total. The number of hydrogen-bond donors (Lipinski definition) is 0. The average Bonchev–Trinajstić information content (AvgIpc) is 3.08. The standard InChI is InChI=1S/C22H25F3N2O4/c1-21(2,3)31-20(28)27-12-17(18(13-27)30-19-6-4-5-11-26-19)29-14-15-7-9-16(10-8-15)22(23,24)25/h4-11,17-18H,12-14H2,1-3H3. The Bertz CT molecular complexity index is 867. The third-order valence-electron chi connectivity index (χ3n) is 4.52. The van der Waals surface area contributed by atoms with E-state index in [1.165, 1.54) is 17.0 Å². The molecule has 1 amide bonds. The van der Waals surface area contributed by atoms with Crippen LogP contribution in [0, 0.1) is 0 Å². The molecule has 2 heterocycles. The van der Waals surface area contributed by atoms with Crippen LogP contribution in [0.4, 0.5) is 18.0 Å². The van der Waals surface area contributed by atoms with Crippen LogP contribution in [0.5, 0.6) is 5.88 Å². The third kappa shape index (κ3) is 6.58. The van der Waals surface area contributed by atoms with Gasteiger partial charge in [0.1, 0.15) is 17.8 Å². The molecule has 1 aliphatic heterocycles. The summed E-state index contributed by atoms with van der Waals surface area (Å²) in [5.74, 6) is 0.390. The van der Waals surface area contributed by atoms with Crippen molar-refractivity contribution in [3.8, 4) is 5.88 Å². The highest BCUT2D eigenvalue weighted by atomic mass is 19.4. The highest BCUT2D eigenvalue weighted by Crippen LogP contribution is 2.29. The second kappa shape index (κ2) is 9.13. The SMILES string of the molecule is CC(C)(C)OC(=O)N1CC(OCc2ccc(C(F)(F)F)cc2)C(Oc2ccccn2)C1. The second-order valence-electron chi connectivity index (χ2n) is 8.25. The fourth-order valence-corrected chi connectivity index (χ4v) is 3.06. The molecular weight excluding hydrogens is 413 g/mol. The molecule has 0 saturated carbocycles. The molecule has 0 radical (unpaired) electrons. The fourth-order valence-electron chi connectivity index (χ4n) is 3.06. The summed E-state index contributed by atoms with van der Waals surface area (Å²) in [6.45, 7) is 5.88. The number of amides is 1. The molecule has 2 aromatic rings. The van der Waals surface area contributed by atoms with E-state index in [2.05, 4.69) is 4.98 Å². The van der Waals surface area contributed by atoms with Gasteiger partial charge in [-0.15, -0.1) is 0 Å². The van der Waals surface area contributed by atoms with Crippen LogP contribution in [-0.4, -0.2) is 46.9 Å². The Morgan fingerprint density at radius 2 is 1.74 bits per heavy atom. The van der Waals surface area contributed by atoms with Gasteiger partial charge in [-0.25, -0.2) is 9.78 Å². The molecule has 1 aromatic heterocycles. The summed E-state index contributed by atoms with van der Waals surface area (Å²) in [5, 5.41) is 0. The topological polar surface area (TPSA) is 60.9 Å². The van der Waals surface area contributed by atoms with Crippen molar-refractivity contribution in [3.63, 3.8) is 0 Å². The Balaban J connectivity index is 1.67. The van der Waals surface area contributed by atoms with E-state index in [1.54, 1.807) is 45.2 Å². The molecule has 168 valence electrons. The third-order valence-corrected chi connectivity index (χ3v) is 4.52. The van der Waals surface area contributed by atoms with Crippen LogP contribution in [0.25, 0.3) is 0 Å². The van der Waals surface area contributed by atoms with E-state index in [0.717, 1.165) is 12.1 Å². The number of hydrogen-bond acceptors (Lipinski definition) is 5. The molecule has 9 heteroatoms. The highest BCUT2D eigenvalue weighted by molar-refractivity contribution is 5.68. The first-order valence-corrected chi connectivity index (χ1v) is 9.84. The first-order chi connectivity index (χ1) is 14.5. The zero-order valence-corrected chi connectivity index (χ0v) is 17.6. The summed E-state index contributed by atoms with van der Waals surface area (Å²) in [4.78, 5) is 18.1. The molecule has 0 bridgehead atoms. The van der Waals surface area contributed by atoms with Gasteiger partial charge in [0.05, 0.1) is 25.3 Å². The summed E-state index contributed by atoms with van der Waals surface area (Å²) < 4.78 is 55.5. The lowest BCUT2D eigenvalue weighted by Crippen LogP contribution is -2.36. The van der Waals surface area contributed by atoms with Crippen LogP contribution >= 0.6 is 0 Å². The molecule has 2 unspecified atom stereocenters. The molecule has 2 atom stereocenters. The molecule has 0 aliphatic carbocycles. The predicted molar refractivity (Wildman–Crippen MR) is 106 cm³/mol. The number of carbonyl (C=O) groups is 1. The zero-order chi connectivity index (χ0) is 22.6. The van der Waals surface area contributed by atoms with Crippen molar-refractivity contribution < 1.29 is 32.2 Å². The van der Waals surface area contributed by atoms with Crippen LogP contribution in [0.15, 0.2) is 48.7 Å². The van der Waals surface area contributed by atoms with E-state index in [1.807, 2.05) is 0 Å². The van der Waals surface area contributed by atoms with Crippen LogP contribution in [0.3, 0.4) is 0 Å². The summed E-state index contributed by atoms with van der Waals surface area (Å²) >= 11 is 0. The van der Waals surface area contributed by atoms with Crippen molar-refractivity contribution in [2.75, 3.05) is 13.1 Å². The first-order valence-electron chi connectivity index (χ1n) is 9.84. The van der Waals surface area contributed by atoms with Crippen LogP contribution in [0.1, 0.15) is 31.9 Å². The molecule has 1 aliphatic rings. The second-order valence-corrected chi connectivity index (χ2v) is 8.25. The minimum Gasteiger partial charge on any atom is -0.470 e. The van der Waals surface area contributed by atoms with Crippen molar-refractivity contribution in [3.05, 3.63) is 59.8 Å². The van der Waals surface area contributed by atoms with Crippen molar-refractivity contribution in [1.29, 1.82) is 0 Å². The van der Waals surface area contributed by atoms with E-state index in [0.29, 0.717) is 11.4 Å². The Morgan fingerprint density at radius 3 is 2.32 bits per heavy atom. The smallest absolute Gasteiger partial charge is 0.416 e. The van der Waals surface area contributed by atoms with Gasteiger partial charge in [0.2, 0.25) is 5.88 Å². The summed E-state index contributed by atoms with van der Waals surface area (Å²) in [6, 6.07) is 10.0. The number of aromatic nitrogens is 1. The maximum atomic E-state index is 12.7. The summed E-state index contributed by atoms with van der Waals surface area (Å²) in [5.41, 5.74) is -0.780. The number of ether oxygens (including phenoxy) is 3. The molecule has 0 spiro atoms. The van der Waals surface area contributed by atoms with Gasteiger partial charge in [0.15, 0.2) is 0 Å². The van der Waals surface area contributed by atoms with E-state index in [9.17, 15) is 18.0 Å². The Labute approximate surface area is 178 Å². The van der Waals surface area contributed by atoms with Gasteiger partial charge in [-0.3, -0.25) is 0 Å². The Hall–Kier alpha value is -2.81. The number of nitrogens with zero attached hydrogens (tertiary/aromatic N) is 2. The molecule has 1 fully saturated rings. The van der Waals surface area contributed by atoms with Gasteiger partial charge in [-0.2, -0.15) is 13.2 Å². The lowest BCUT2D eigenvalue weighted by molar-refractivity contribution is -0.137. The summed E-state index contributed by atoms with van der Waals surface area (Å²) in [6.07, 6.45) is -4.29. The predicted octanol–water partition coefficient (Wildman–Crippen LogP) is 4.68. The number of alkyl halides is 3. The van der Waals surface area contributed by atoms with E-state index < -0.39 is 35.6 Å². The normalized spacial score (nSPS) is 19.4. The maximum absolute atomic E-state index is 12.7. The van der Waals surface area contributed by atoms with Gasteiger partial charge < -0.3 is 19.1 Å². The zero-order valence-electron chi connectivity index (χ0n) is 17.6. The van der Waals surface area contributed by atoms with Gasteiger partial charge >= 0.3 is 12.3 Å². The molecule has 1 saturated heterocycles. The largest absolute Gasteiger partial charge is 0.470 e. The van der Waals surface area contributed by atoms with Crippen molar-refractivity contribution in [1.82, 2.24) is 9.88 Å². The van der Waals surface area contributed by atoms with Crippen LogP contribution in [-0.2, 0) is 22.3 Å². The lowest BCUT2D eigenvalue weighted by atomic mass is 10.1. The van der Waals surface area contributed by atoms with Crippen LogP contribution in [0.2, 0.25) is 0 Å². The average molecular weight is 438 g/mol. The van der Waals surface area contributed by atoms with Gasteiger partial charge in [-0.1, -0.05) is 18.2 Å². The van der Waals surface area contributed by atoms with Gasteiger partial charge in [0, 0.05) is 12.3 Å². The summed E-state index contributed by atoms with van der Waals surface area (Å²) in [7, 11) is 0. The number of rotatable bonds is 5. The Morgan fingerprint density at radius 1 is 1.06 bits per heavy atom. The lowest BCUT2D eigenvalue weighted by Gasteiger charge is -2.24. The van der Waals surface area contributed by atoms with Crippen molar-refractivity contribution in [2.45, 2.75) is 51.4 Å². The number of benzene rings is 1. The van der Waals surface area contributed by atoms with Crippen molar-refractivity contribution in [2.24, 2.45) is 0 Å². The van der Waals surface area contributed by atoms with E-state index in [4.69, 9.17) is 14.2 Å². The minimum absolute atomic E-state index is 0.0764. The monoisotopic (exact) mass is 438 g/mol. The highest BCUT2D eigenvalue weighted by Gasteiger charge is 2.39. The van der Waals surface area contributed by atoms with E-state index >= 15 is 0 Å². The van der Waals surface area contributed by atoms with Crippen molar-refractivity contribution >= 4 is 6.09 Å². The van der Waals surface area contributed by atoms with Gasteiger partial charge in [0.25, 0.3) is 0 Å². The quantitative estimate of drug-likeness (QED) is 0.678. The maximum Gasteiger partial charge on any atom is 0.416 e. The number of carbonyl (C=O) groups excluding carboxylic acids is 1. The molecule has 3 rings (SSSR count). The molecule has 31 heavy (non-hydrogen) atoms. The number of halogens is 3. The minimum atomic E-state index is -4.39. The fraction of sp³-hybridized carbons (Fsp3) is 0.455. The van der Waals surface area contributed by atoms with E-state index in [-0.39, 0.29) is 19.7 Å². The molecular formula is C22H25F3N2O4. The molecule has 0 N–H and O–H groups in total. The van der Waals surface area contributed by atoms with Crippen LogP contribution < -0.4 is 4.74 Å². The Kier molecular flexibility index (Phi) is 6.74. The van der Waals surface area contributed by atoms with Gasteiger partial charge in [-0.05, 0) is 44.5 Å². The first kappa shape index (κ1) is 22.9. The number of likely N-dealkylation sites (tertiary alicyclic amines) is 1. The molecule has 1 aromatic carbocycles.